The molecule has 0 radical (unpaired) electrons. The van der Waals surface area contributed by atoms with Crippen LogP contribution in [-0.2, 0) is 13.2 Å². The average Bonchev–Trinajstić information content (AvgIpc) is 3.18. The third-order valence-corrected chi connectivity index (χ3v) is 5.01. The van der Waals surface area contributed by atoms with E-state index in [0.29, 0.717) is 46.5 Å². The first kappa shape index (κ1) is 20.6. The molecule has 1 amide bonds. The molecule has 0 aliphatic heterocycles. The number of pyridine rings is 1. The minimum atomic E-state index is -0.284. The van der Waals surface area contributed by atoms with E-state index in [2.05, 4.69) is 15.5 Å². The third-order valence-electron chi connectivity index (χ3n) is 4.68. The fraction of sp³-hybridized carbons (Fsp3) is 0.125. The van der Waals surface area contributed by atoms with Crippen molar-refractivity contribution in [3.63, 3.8) is 0 Å². The van der Waals surface area contributed by atoms with Crippen LogP contribution in [0.1, 0.15) is 27.4 Å². The fourth-order valence-electron chi connectivity index (χ4n) is 3.13. The molecule has 0 fully saturated rings. The van der Waals surface area contributed by atoms with Gasteiger partial charge in [-0.2, -0.15) is 0 Å². The van der Waals surface area contributed by atoms with Gasteiger partial charge < -0.3 is 14.6 Å². The summed E-state index contributed by atoms with van der Waals surface area (Å²) in [5, 5.41) is 7.47. The first-order valence-corrected chi connectivity index (χ1v) is 10.1. The number of aryl methyl sites for hydroxylation is 1. The minimum Gasteiger partial charge on any atom is -0.487 e. The molecule has 4 aromatic rings. The number of nitrogens with one attached hydrogen (secondary N) is 1. The molecule has 0 aliphatic carbocycles. The molecule has 2 aromatic carbocycles. The summed E-state index contributed by atoms with van der Waals surface area (Å²) in [7, 11) is 0. The number of aromatic nitrogens is 2. The number of carbonyl (C=O) groups is 1. The number of benzene rings is 2. The van der Waals surface area contributed by atoms with E-state index in [1.807, 2.05) is 54.6 Å². The van der Waals surface area contributed by atoms with Crippen LogP contribution in [0.2, 0.25) is 5.02 Å². The van der Waals surface area contributed by atoms with Crippen molar-refractivity contribution in [1.29, 1.82) is 0 Å². The maximum Gasteiger partial charge on any atom is 0.257 e. The molecule has 7 heteroatoms. The summed E-state index contributed by atoms with van der Waals surface area (Å²) in [5.41, 5.74) is 3.19. The number of halogens is 1. The summed E-state index contributed by atoms with van der Waals surface area (Å²) < 4.78 is 11.1. The van der Waals surface area contributed by atoms with E-state index in [9.17, 15) is 4.79 Å². The van der Waals surface area contributed by atoms with Crippen LogP contribution >= 0.6 is 11.6 Å². The number of nitrogens with zero attached hydrogens (tertiary/aromatic N) is 2. The highest BCUT2D eigenvalue weighted by molar-refractivity contribution is 6.33. The molecular formula is C24H20ClN3O3. The Morgan fingerprint density at radius 2 is 1.94 bits per heavy atom. The van der Waals surface area contributed by atoms with Gasteiger partial charge in [-0.25, -0.2) is 0 Å². The summed E-state index contributed by atoms with van der Waals surface area (Å²) in [6.45, 7) is 2.40. The van der Waals surface area contributed by atoms with Gasteiger partial charge in [0.1, 0.15) is 29.4 Å². The van der Waals surface area contributed by atoms with E-state index in [0.717, 1.165) is 11.3 Å². The summed E-state index contributed by atoms with van der Waals surface area (Å²) in [4.78, 5) is 17.2. The molecule has 0 spiro atoms. The molecule has 1 N–H and O–H groups in total. The van der Waals surface area contributed by atoms with Gasteiger partial charge in [0.15, 0.2) is 0 Å². The molecule has 0 unspecified atom stereocenters. The average molecular weight is 434 g/mol. The van der Waals surface area contributed by atoms with Crippen LogP contribution in [0.15, 0.2) is 77.4 Å². The van der Waals surface area contributed by atoms with Crippen LogP contribution in [0.25, 0.3) is 11.3 Å². The number of ether oxygens (including phenoxy) is 1. The molecule has 0 saturated carbocycles. The molecule has 0 bridgehead atoms. The Morgan fingerprint density at radius 1 is 1.10 bits per heavy atom. The lowest BCUT2D eigenvalue weighted by molar-refractivity contribution is 0.0950. The standard InChI is InChI=1S/C24H20ClN3O3/c1-16-22(23(28-31-16)20-10-2-3-11-21(20)25)24(29)27-14-17-7-6-9-19(13-17)30-15-18-8-4-5-12-26-18/h2-13H,14-15H2,1H3,(H,27,29). The zero-order valence-corrected chi connectivity index (χ0v) is 17.6. The van der Waals surface area contributed by atoms with Gasteiger partial charge in [0.2, 0.25) is 0 Å². The van der Waals surface area contributed by atoms with Crippen molar-refractivity contribution in [3.05, 3.63) is 101 Å². The molecule has 31 heavy (non-hydrogen) atoms. The quantitative estimate of drug-likeness (QED) is 0.433. The largest absolute Gasteiger partial charge is 0.487 e. The van der Waals surface area contributed by atoms with Crippen LogP contribution < -0.4 is 10.1 Å². The van der Waals surface area contributed by atoms with E-state index in [-0.39, 0.29) is 5.91 Å². The van der Waals surface area contributed by atoms with Gasteiger partial charge in [0.25, 0.3) is 5.91 Å². The number of amides is 1. The first-order chi connectivity index (χ1) is 15.1. The van der Waals surface area contributed by atoms with E-state index in [1.165, 1.54) is 0 Å². The Bertz CT molecular complexity index is 1190. The predicted octanol–water partition coefficient (Wildman–Crippen LogP) is 5.21. The Hall–Kier alpha value is -3.64. The first-order valence-electron chi connectivity index (χ1n) is 9.73. The number of carbonyl (C=O) groups excluding carboxylic acids is 1. The maximum absolute atomic E-state index is 12.9. The van der Waals surface area contributed by atoms with E-state index < -0.39 is 0 Å². The molecule has 0 atom stereocenters. The Balaban J connectivity index is 1.44. The second kappa shape index (κ2) is 9.45. The highest BCUT2D eigenvalue weighted by Gasteiger charge is 2.22. The number of hydrogen-bond donors (Lipinski definition) is 1. The van der Waals surface area contributed by atoms with Gasteiger partial charge in [-0.15, -0.1) is 0 Å². The van der Waals surface area contributed by atoms with Crippen molar-refractivity contribution in [2.24, 2.45) is 0 Å². The summed E-state index contributed by atoms with van der Waals surface area (Å²) in [5.74, 6) is 0.851. The van der Waals surface area contributed by atoms with E-state index in [4.69, 9.17) is 20.9 Å². The van der Waals surface area contributed by atoms with Crippen LogP contribution in [0, 0.1) is 6.92 Å². The summed E-state index contributed by atoms with van der Waals surface area (Å²) >= 11 is 6.28. The lowest BCUT2D eigenvalue weighted by Gasteiger charge is -2.09. The van der Waals surface area contributed by atoms with Crippen molar-refractivity contribution < 1.29 is 14.1 Å². The van der Waals surface area contributed by atoms with Crippen molar-refractivity contribution >= 4 is 17.5 Å². The fourth-order valence-corrected chi connectivity index (χ4v) is 3.36. The van der Waals surface area contributed by atoms with Crippen molar-refractivity contribution in [2.75, 3.05) is 0 Å². The lowest BCUT2D eigenvalue weighted by Crippen LogP contribution is -2.23. The minimum absolute atomic E-state index is 0.284. The topological polar surface area (TPSA) is 77.2 Å². The van der Waals surface area contributed by atoms with Gasteiger partial charge in [-0.05, 0) is 42.8 Å². The highest BCUT2D eigenvalue weighted by Crippen LogP contribution is 2.31. The van der Waals surface area contributed by atoms with Gasteiger partial charge in [0, 0.05) is 18.3 Å². The molecule has 156 valence electrons. The Labute approximate surface area is 184 Å². The maximum atomic E-state index is 12.9. The van der Waals surface area contributed by atoms with E-state index in [1.54, 1.807) is 25.3 Å². The van der Waals surface area contributed by atoms with Crippen LogP contribution in [-0.4, -0.2) is 16.0 Å². The van der Waals surface area contributed by atoms with Gasteiger partial charge in [0.05, 0.1) is 10.7 Å². The summed E-state index contributed by atoms with van der Waals surface area (Å²) in [6.07, 6.45) is 1.73. The molecule has 0 aliphatic rings. The van der Waals surface area contributed by atoms with Crippen LogP contribution in [0.3, 0.4) is 0 Å². The SMILES string of the molecule is Cc1onc(-c2ccccc2Cl)c1C(=O)NCc1cccc(OCc2ccccn2)c1. The molecule has 4 rings (SSSR count). The van der Waals surface area contributed by atoms with E-state index >= 15 is 0 Å². The Morgan fingerprint density at radius 3 is 2.74 bits per heavy atom. The van der Waals surface area contributed by atoms with Crippen molar-refractivity contribution in [3.8, 4) is 17.0 Å². The third kappa shape index (κ3) is 4.92. The predicted molar refractivity (Wildman–Crippen MR) is 118 cm³/mol. The van der Waals surface area contributed by atoms with Crippen LogP contribution in [0.5, 0.6) is 5.75 Å². The normalized spacial score (nSPS) is 10.6. The zero-order valence-electron chi connectivity index (χ0n) is 16.8. The van der Waals surface area contributed by atoms with Crippen molar-refractivity contribution in [1.82, 2.24) is 15.5 Å². The zero-order chi connectivity index (χ0) is 21.6. The second-order valence-corrected chi connectivity index (χ2v) is 7.29. The molecule has 0 saturated heterocycles. The van der Waals surface area contributed by atoms with Gasteiger partial charge >= 0.3 is 0 Å². The number of rotatable bonds is 7. The van der Waals surface area contributed by atoms with Crippen molar-refractivity contribution in [2.45, 2.75) is 20.1 Å². The van der Waals surface area contributed by atoms with Crippen LogP contribution in [0.4, 0.5) is 0 Å². The lowest BCUT2D eigenvalue weighted by atomic mass is 10.1. The highest BCUT2D eigenvalue weighted by atomic mass is 35.5. The summed E-state index contributed by atoms with van der Waals surface area (Å²) in [6, 6.07) is 20.5. The van der Waals surface area contributed by atoms with Gasteiger partial charge in [-0.3, -0.25) is 9.78 Å². The smallest absolute Gasteiger partial charge is 0.257 e. The second-order valence-electron chi connectivity index (χ2n) is 6.88. The van der Waals surface area contributed by atoms with Gasteiger partial charge in [-0.1, -0.05) is 53.2 Å². The molecule has 6 nitrogen and oxygen atoms in total. The molecule has 2 heterocycles. The number of hydrogen-bond acceptors (Lipinski definition) is 5. The molecular weight excluding hydrogens is 414 g/mol. The monoisotopic (exact) mass is 433 g/mol. The Kier molecular flexibility index (Phi) is 6.29. The molecule has 2 aromatic heterocycles.